The molecule has 2 aromatic rings. The number of amides is 1. The molecule has 1 heterocycles. The third-order valence-electron chi connectivity index (χ3n) is 2.13. The summed E-state index contributed by atoms with van der Waals surface area (Å²) < 4.78 is 5.06. The maximum absolute atomic E-state index is 11.6. The summed E-state index contributed by atoms with van der Waals surface area (Å²) >= 11 is 11.7. The van der Waals surface area contributed by atoms with Crippen LogP contribution >= 0.6 is 23.2 Å². The molecule has 5 heteroatoms. The minimum Gasteiger partial charge on any atom is -0.465 e. The van der Waals surface area contributed by atoms with E-state index in [9.17, 15) is 4.79 Å². The van der Waals surface area contributed by atoms with Gasteiger partial charge in [-0.3, -0.25) is 4.79 Å². The number of hydrogen-bond acceptors (Lipinski definition) is 2. The smallest absolute Gasteiger partial charge is 0.248 e. The summed E-state index contributed by atoms with van der Waals surface area (Å²) in [5.74, 6) is 0.290. The monoisotopic (exact) mass is 281 g/mol. The summed E-state index contributed by atoms with van der Waals surface area (Å²) in [4.78, 5) is 11.6. The molecule has 2 rings (SSSR count). The first-order valence-corrected chi connectivity index (χ1v) is 5.88. The second-order valence-corrected chi connectivity index (χ2v) is 4.31. The van der Waals surface area contributed by atoms with Gasteiger partial charge < -0.3 is 9.73 Å². The van der Waals surface area contributed by atoms with Gasteiger partial charge >= 0.3 is 0 Å². The predicted octanol–water partition coefficient (Wildman–Crippen LogP) is 4.24. The minimum absolute atomic E-state index is 0.310. The number of hydrogen-bond donors (Lipinski definition) is 1. The molecule has 0 saturated carbocycles. The van der Waals surface area contributed by atoms with Crippen molar-refractivity contribution in [2.75, 3.05) is 5.32 Å². The van der Waals surface area contributed by atoms with Crippen LogP contribution in [0.3, 0.4) is 0 Å². The second-order valence-electron chi connectivity index (χ2n) is 3.46. The van der Waals surface area contributed by atoms with Crippen LogP contribution < -0.4 is 5.32 Å². The van der Waals surface area contributed by atoms with E-state index >= 15 is 0 Å². The highest BCUT2D eigenvalue weighted by Crippen LogP contribution is 2.25. The molecule has 1 aromatic carbocycles. The van der Waals surface area contributed by atoms with Gasteiger partial charge in [-0.25, -0.2) is 0 Å². The van der Waals surface area contributed by atoms with Gasteiger partial charge in [0.1, 0.15) is 5.76 Å². The van der Waals surface area contributed by atoms with Crippen molar-refractivity contribution in [3.63, 3.8) is 0 Å². The number of furan rings is 1. The van der Waals surface area contributed by atoms with E-state index in [1.165, 1.54) is 12.3 Å². The normalized spacial score (nSPS) is 10.8. The first-order valence-electron chi connectivity index (χ1n) is 5.13. The number of benzene rings is 1. The molecule has 92 valence electrons. The Kier molecular flexibility index (Phi) is 4.07. The third kappa shape index (κ3) is 3.39. The molecule has 0 radical (unpaired) electrons. The third-order valence-corrected chi connectivity index (χ3v) is 2.69. The van der Waals surface area contributed by atoms with E-state index in [4.69, 9.17) is 27.6 Å². The predicted molar refractivity (Wildman–Crippen MR) is 72.8 cm³/mol. The van der Waals surface area contributed by atoms with Gasteiger partial charge in [-0.1, -0.05) is 23.2 Å². The summed E-state index contributed by atoms with van der Waals surface area (Å²) in [7, 11) is 0. The lowest BCUT2D eigenvalue weighted by atomic mass is 10.3. The highest BCUT2D eigenvalue weighted by atomic mass is 35.5. The van der Waals surface area contributed by atoms with Crippen LogP contribution in [0, 0.1) is 0 Å². The molecule has 0 saturated heterocycles. The molecule has 1 aromatic heterocycles. The molecule has 0 aliphatic rings. The summed E-state index contributed by atoms with van der Waals surface area (Å²) in [5, 5.41) is 3.56. The lowest BCUT2D eigenvalue weighted by molar-refractivity contribution is -0.111. The first-order chi connectivity index (χ1) is 8.65. The lowest BCUT2D eigenvalue weighted by Gasteiger charge is -2.04. The number of carbonyl (C=O) groups excluding carboxylic acids is 1. The summed E-state index contributed by atoms with van der Waals surface area (Å²) in [5.41, 5.74) is 0.471. The van der Waals surface area contributed by atoms with Gasteiger partial charge in [-0.05, 0) is 36.4 Å². The van der Waals surface area contributed by atoms with Crippen LogP contribution in [0.5, 0.6) is 0 Å². The average Bonchev–Trinajstić information content (AvgIpc) is 2.84. The number of rotatable bonds is 3. The summed E-state index contributed by atoms with van der Waals surface area (Å²) in [6.45, 7) is 0. The van der Waals surface area contributed by atoms with Crippen molar-refractivity contribution < 1.29 is 9.21 Å². The molecule has 0 unspecified atom stereocenters. The molecule has 0 atom stereocenters. The molecule has 18 heavy (non-hydrogen) atoms. The minimum atomic E-state index is -0.310. The van der Waals surface area contributed by atoms with E-state index in [2.05, 4.69) is 5.32 Å². The second kappa shape index (κ2) is 5.76. The van der Waals surface area contributed by atoms with Crippen molar-refractivity contribution in [1.82, 2.24) is 0 Å². The van der Waals surface area contributed by atoms with Crippen molar-refractivity contribution in [3.05, 3.63) is 58.5 Å². The number of anilines is 1. The standard InChI is InChI=1S/C13H9Cl2NO2/c14-9-3-5-11(15)12(8-9)16-13(17)6-4-10-2-1-7-18-10/h1-8H,(H,16,17)/b6-4-. The maximum atomic E-state index is 11.6. The van der Waals surface area contributed by atoms with Crippen LogP contribution in [-0.4, -0.2) is 5.91 Å². The zero-order valence-corrected chi connectivity index (χ0v) is 10.7. The van der Waals surface area contributed by atoms with Gasteiger partial charge in [0.05, 0.1) is 17.0 Å². The fourth-order valence-corrected chi connectivity index (χ4v) is 1.65. The molecule has 0 aliphatic carbocycles. The average molecular weight is 282 g/mol. The lowest BCUT2D eigenvalue weighted by Crippen LogP contribution is -2.08. The van der Waals surface area contributed by atoms with Gasteiger partial charge in [0, 0.05) is 11.1 Å². The van der Waals surface area contributed by atoms with Gasteiger partial charge in [-0.2, -0.15) is 0 Å². The molecular formula is C13H9Cl2NO2. The number of nitrogens with one attached hydrogen (secondary N) is 1. The van der Waals surface area contributed by atoms with Crippen LogP contribution in [0.25, 0.3) is 6.08 Å². The van der Waals surface area contributed by atoms with Gasteiger partial charge in [0.15, 0.2) is 0 Å². The maximum Gasteiger partial charge on any atom is 0.248 e. The Bertz CT molecular complexity index is 577. The Morgan fingerprint density at radius 3 is 2.83 bits per heavy atom. The Labute approximate surface area is 114 Å². The Morgan fingerprint density at radius 1 is 1.28 bits per heavy atom. The molecule has 3 nitrogen and oxygen atoms in total. The fraction of sp³-hybridized carbons (Fsp3) is 0. The van der Waals surface area contributed by atoms with Crippen LogP contribution in [0.15, 0.2) is 47.1 Å². The molecule has 0 fully saturated rings. The fourth-order valence-electron chi connectivity index (χ4n) is 1.31. The van der Waals surface area contributed by atoms with Crippen molar-refractivity contribution in [1.29, 1.82) is 0 Å². The molecule has 0 aliphatic heterocycles. The zero-order valence-electron chi connectivity index (χ0n) is 9.19. The quantitative estimate of drug-likeness (QED) is 0.855. The van der Waals surface area contributed by atoms with E-state index in [1.807, 2.05) is 0 Å². The van der Waals surface area contributed by atoms with Crippen LogP contribution in [0.2, 0.25) is 10.0 Å². The van der Waals surface area contributed by atoms with Crippen molar-refractivity contribution in [3.8, 4) is 0 Å². The van der Waals surface area contributed by atoms with Crippen LogP contribution in [-0.2, 0) is 4.79 Å². The molecule has 0 spiro atoms. The topological polar surface area (TPSA) is 42.2 Å². The van der Waals surface area contributed by atoms with Crippen molar-refractivity contribution >= 4 is 40.9 Å². The van der Waals surface area contributed by atoms with E-state index in [0.717, 1.165) is 0 Å². The Morgan fingerprint density at radius 2 is 2.11 bits per heavy atom. The van der Waals surface area contributed by atoms with E-state index in [1.54, 1.807) is 36.4 Å². The van der Waals surface area contributed by atoms with E-state index in [0.29, 0.717) is 21.5 Å². The van der Waals surface area contributed by atoms with Crippen molar-refractivity contribution in [2.45, 2.75) is 0 Å². The van der Waals surface area contributed by atoms with Gasteiger partial charge in [0.2, 0.25) is 5.91 Å². The van der Waals surface area contributed by atoms with Crippen LogP contribution in [0.4, 0.5) is 5.69 Å². The van der Waals surface area contributed by atoms with E-state index < -0.39 is 0 Å². The summed E-state index contributed by atoms with van der Waals surface area (Å²) in [6, 6.07) is 8.35. The molecular weight excluding hydrogens is 273 g/mol. The first kappa shape index (κ1) is 12.7. The zero-order chi connectivity index (χ0) is 13.0. The Balaban J connectivity index is 2.05. The highest BCUT2D eigenvalue weighted by Gasteiger charge is 2.04. The molecule has 1 N–H and O–H groups in total. The van der Waals surface area contributed by atoms with Crippen molar-refractivity contribution in [2.24, 2.45) is 0 Å². The van der Waals surface area contributed by atoms with Gasteiger partial charge in [-0.15, -0.1) is 0 Å². The summed E-state index contributed by atoms with van der Waals surface area (Å²) in [6.07, 6.45) is 4.45. The molecule has 0 bridgehead atoms. The molecule has 1 amide bonds. The highest BCUT2D eigenvalue weighted by molar-refractivity contribution is 6.35. The number of carbonyl (C=O) groups is 1. The van der Waals surface area contributed by atoms with Gasteiger partial charge in [0.25, 0.3) is 0 Å². The number of halogens is 2. The largest absolute Gasteiger partial charge is 0.465 e. The Hall–Kier alpha value is -1.71. The SMILES string of the molecule is O=C(/C=C\c1ccco1)Nc1cc(Cl)ccc1Cl. The van der Waals surface area contributed by atoms with E-state index in [-0.39, 0.29) is 5.91 Å². The van der Waals surface area contributed by atoms with Crippen LogP contribution in [0.1, 0.15) is 5.76 Å².